The predicted octanol–water partition coefficient (Wildman–Crippen LogP) is 5.48. The first kappa shape index (κ1) is 13.8. The van der Waals surface area contributed by atoms with E-state index in [9.17, 15) is 0 Å². The van der Waals surface area contributed by atoms with Crippen molar-refractivity contribution < 1.29 is 0 Å². The maximum Gasteiger partial charge on any atom is 0.0175 e. The Labute approximate surface area is 126 Å². The highest BCUT2D eigenvalue weighted by Crippen LogP contribution is 2.24. The van der Waals surface area contributed by atoms with Gasteiger partial charge >= 0.3 is 0 Å². The zero-order chi connectivity index (χ0) is 13.0. The third-order valence-electron chi connectivity index (χ3n) is 3.10. The van der Waals surface area contributed by atoms with Crippen molar-refractivity contribution in [1.29, 1.82) is 0 Å². The van der Waals surface area contributed by atoms with Crippen LogP contribution in [0.15, 0.2) is 53.0 Å². The van der Waals surface area contributed by atoms with E-state index < -0.39 is 0 Å². The van der Waals surface area contributed by atoms with E-state index in [1.807, 2.05) is 0 Å². The number of alkyl halides is 1. The number of rotatable bonds is 4. The molecule has 0 saturated carbocycles. The van der Waals surface area contributed by atoms with Gasteiger partial charge in [0.05, 0.1) is 0 Å². The van der Waals surface area contributed by atoms with Crippen LogP contribution in [-0.2, 0) is 6.42 Å². The lowest BCUT2D eigenvalue weighted by molar-refractivity contribution is 0.774. The second kappa shape index (κ2) is 6.53. The number of hydrogen-bond donors (Lipinski definition) is 0. The molecule has 0 heterocycles. The quantitative estimate of drug-likeness (QED) is 0.627. The second-order valence-corrected chi connectivity index (χ2v) is 6.16. The molecule has 0 aliphatic heterocycles. The lowest BCUT2D eigenvalue weighted by atomic mass is 9.93. The van der Waals surface area contributed by atoms with Crippen LogP contribution in [0.4, 0.5) is 0 Å². The molecule has 0 spiro atoms. The molecule has 2 heteroatoms. The van der Waals surface area contributed by atoms with Crippen LogP contribution in [0.1, 0.15) is 22.6 Å². The molecule has 0 nitrogen and oxygen atoms in total. The molecule has 2 aromatic rings. The first-order chi connectivity index (χ1) is 8.69. The Morgan fingerprint density at radius 3 is 2.39 bits per heavy atom. The number of halogens is 2. The van der Waals surface area contributed by atoms with Gasteiger partial charge in [-0.3, -0.25) is 0 Å². The first-order valence-corrected chi connectivity index (χ1v) is 7.97. The fourth-order valence-corrected chi connectivity index (χ4v) is 2.96. The van der Waals surface area contributed by atoms with Gasteiger partial charge in [0.25, 0.3) is 0 Å². The summed E-state index contributed by atoms with van der Waals surface area (Å²) in [4.78, 5) is 0. The predicted molar refractivity (Wildman–Crippen MR) is 85.6 cm³/mol. The van der Waals surface area contributed by atoms with Crippen molar-refractivity contribution in [2.24, 2.45) is 0 Å². The lowest BCUT2D eigenvalue weighted by Gasteiger charge is -2.15. The van der Waals surface area contributed by atoms with E-state index in [0.29, 0.717) is 5.92 Å². The van der Waals surface area contributed by atoms with Crippen molar-refractivity contribution >= 4 is 31.9 Å². The van der Waals surface area contributed by atoms with E-state index in [0.717, 1.165) is 16.2 Å². The molecule has 94 valence electrons. The normalized spacial score (nSPS) is 12.4. The average molecular weight is 368 g/mol. The molecule has 1 unspecified atom stereocenters. The Bertz CT molecular complexity index is 503. The highest BCUT2D eigenvalue weighted by molar-refractivity contribution is 9.10. The smallest absolute Gasteiger partial charge is 0.0175 e. The SMILES string of the molecule is Cc1cccc(C(CBr)Cc2ccc(Br)cc2)c1. The average Bonchev–Trinajstić information content (AvgIpc) is 2.38. The van der Waals surface area contributed by atoms with Gasteiger partial charge in [0.1, 0.15) is 0 Å². The molecule has 0 radical (unpaired) electrons. The second-order valence-electron chi connectivity index (χ2n) is 4.60. The standard InChI is InChI=1S/C16H16Br2/c1-12-3-2-4-14(9-12)15(11-17)10-13-5-7-16(18)8-6-13/h2-9,15H,10-11H2,1H3. The third-order valence-corrected chi connectivity index (χ3v) is 4.41. The summed E-state index contributed by atoms with van der Waals surface area (Å²) in [5.41, 5.74) is 4.12. The van der Waals surface area contributed by atoms with Crippen LogP contribution in [0.3, 0.4) is 0 Å². The summed E-state index contributed by atoms with van der Waals surface area (Å²) < 4.78 is 1.14. The van der Waals surface area contributed by atoms with Gasteiger partial charge in [-0.25, -0.2) is 0 Å². The molecular weight excluding hydrogens is 352 g/mol. The van der Waals surface area contributed by atoms with E-state index in [1.54, 1.807) is 0 Å². The third kappa shape index (κ3) is 3.69. The van der Waals surface area contributed by atoms with Crippen LogP contribution in [0.25, 0.3) is 0 Å². The number of benzene rings is 2. The van der Waals surface area contributed by atoms with Crippen LogP contribution in [0, 0.1) is 6.92 Å². The van der Waals surface area contributed by atoms with Gasteiger partial charge in [-0.05, 0) is 42.5 Å². The van der Waals surface area contributed by atoms with E-state index in [-0.39, 0.29) is 0 Å². The molecule has 0 amide bonds. The van der Waals surface area contributed by atoms with Gasteiger partial charge in [-0.2, -0.15) is 0 Å². The van der Waals surface area contributed by atoms with Crippen molar-refractivity contribution in [3.63, 3.8) is 0 Å². The molecule has 0 aromatic heterocycles. The van der Waals surface area contributed by atoms with E-state index in [1.165, 1.54) is 16.7 Å². The summed E-state index contributed by atoms with van der Waals surface area (Å²) in [6.45, 7) is 2.15. The van der Waals surface area contributed by atoms with E-state index in [2.05, 4.69) is 87.3 Å². The number of aryl methyl sites for hydroxylation is 1. The van der Waals surface area contributed by atoms with Crippen molar-refractivity contribution in [2.75, 3.05) is 5.33 Å². The Hall–Kier alpha value is -0.600. The number of hydrogen-bond acceptors (Lipinski definition) is 0. The summed E-state index contributed by atoms with van der Waals surface area (Å²) in [6, 6.07) is 17.4. The largest absolute Gasteiger partial charge is 0.0921 e. The minimum Gasteiger partial charge on any atom is -0.0921 e. The van der Waals surface area contributed by atoms with Crippen LogP contribution in [0.2, 0.25) is 0 Å². The maximum absolute atomic E-state index is 3.64. The molecule has 2 rings (SSSR count). The molecule has 2 aromatic carbocycles. The molecule has 18 heavy (non-hydrogen) atoms. The Morgan fingerprint density at radius 2 is 1.78 bits per heavy atom. The van der Waals surface area contributed by atoms with Crippen LogP contribution >= 0.6 is 31.9 Å². The Balaban J connectivity index is 2.17. The van der Waals surface area contributed by atoms with Gasteiger partial charge in [-0.1, -0.05) is 73.8 Å². The first-order valence-electron chi connectivity index (χ1n) is 6.06. The highest BCUT2D eigenvalue weighted by atomic mass is 79.9. The molecule has 0 aliphatic carbocycles. The fraction of sp³-hybridized carbons (Fsp3) is 0.250. The molecule has 1 atom stereocenters. The van der Waals surface area contributed by atoms with Gasteiger partial charge in [0, 0.05) is 9.80 Å². The maximum atomic E-state index is 3.64. The molecule has 0 aliphatic rings. The van der Waals surface area contributed by atoms with Gasteiger partial charge in [-0.15, -0.1) is 0 Å². The molecule has 0 fully saturated rings. The molecule has 0 N–H and O–H groups in total. The summed E-state index contributed by atoms with van der Waals surface area (Å²) >= 11 is 7.11. The Kier molecular flexibility index (Phi) is 5.02. The van der Waals surface area contributed by atoms with Gasteiger partial charge in [0.15, 0.2) is 0 Å². The molecular formula is C16H16Br2. The van der Waals surface area contributed by atoms with Crippen LogP contribution in [-0.4, -0.2) is 5.33 Å². The molecule has 0 bridgehead atoms. The van der Waals surface area contributed by atoms with Crippen molar-refractivity contribution in [2.45, 2.75) is 19.3 Å². The van der Waals surface area contributed by atoms with Gasteiger partial charge in [0.2, 0.25) is 0 Å². The molecule has 0 saturated heterocycles. The van der Waals surface area contributed by atoms with E-state index >= 15 is 0 Å². The zero-order valence-corrected chi connectivity index (χ0v) is 13.5. The van der Waals surface area contributed by atoms with Crippen molar-refractivity contribution in [1.82, 2.24) is 0 Å². The van der Waals surface area contributed by atoms with E-state index in [4.69, 9.17) is 0 Å². The lowest BCUT2D eigenvalue weighted by Crippen LogP contribution is -2.04. The summed E-state index contributed by atoms with van der Waals surface area (Å²) in [7, 11) is 0. The minimum absolute atomic E-state index is 0.533. The zero-order valence-electron chi connectivity index (χ0n) is 10.4. The minimum atomic E-state index is 0.533. The topological polar surface area (TPSA) is 0 Å². The van der Waals surface area contributed by atoms with Gasteiger partial charge < -0.3 is 0 Å². The van der Waals surface area contributed by atoms with Crippen LogP contribution < -0.4 is 0 Å². The summed E-state index contributed by atoms with van der Waals surface area (Å²) in [6.07, 6.45) is 1.07. The summed E-state index contributed by atoms with van der Waals surface area (Å²) in [5.74, 6) is 0.533. The van der Waals surface area contributed by atoms with Crippen molar-refractivity contribution in [3.05, 3.63) is 69.7 Å². The van der Waals surface area contributed by atoms with Crippen molar-refractivity contribution in [3.8, 4) is 0 Å². The van der Waals surface area contributed by atoms with Crippen LogP contribution in [0.5, 0.6) is 0 Å². The Morgan fingerprint density at radius 1 is 1.06 bits per heavy atom. The highest BCUT2D eigenvalue weighted by Gasteiger charge is 2.11. The summed E-state index contributed by atoms with van der Waals surface area (Å²) in [5, 5.41) is 0.993. The fourth-order valence-electron chi connectivity index (χ4n) is 2.09. The monoisotopic (exact) mass is 366 g/mol.